The number of ketones is 2. The Morgan fingerprint density at radius 1 is 0.907 bits per heavy atom. The zero-order valence-electron chi connectivity index (χ0n) is 23.1. The van der Waals surface area contributed by atoms with Crippen LogP contribution in [0.15, 0.2) is 116 Å². The van der Waals surface area contributed by atoms with E-state index in [-0.39, 0.29) is 34.7 Å². The molecule has 1 N–H and O–H groups in total. The summed E-state index contributed by atoms with van der Waals surface area (Å²) in [4.78, 5) is 46.3. The summed E-state index contributed by atoms with van der Waals surface area (Å²) in [5, 5.41) is 3.35. The number of Topliss-reactive ketones (excluding diaryl/α,β-unsaturated/α-hetero) is 2. The lowest BCUT2D eigenvalue weighted by molar-refractivity contribution is -0.122. The number of carbonyl (C=O) groups is 3. The van der Waals surface area contributed by atoms with Gasteiger partial charge in [0.25, 0.3) is 0 Å². The van der Waals surface area contributed by atoms with Gasteiger partial charge in [0.2, 0.25) is 5.91 Å². The first-order valence-electron chi connectivity index (χ1n) is 14.1. The summed E-state index contributed by atoms with van der Waals surface area (Å²) in [5.74, 6) is -1.80. The quantitative estimate of drug-likeness (QED) is 0.189. The highest BCUT2D eigenvalue weighted by Crippen LogP contribution is 2.62. The highest BCUT2D eigenvalue weighted by molar-refractivity contribution is 6.34. The van der Waals surface area contributed by atoms with Crippen molar-refractivity contribution in [1.29, 1.82) is 0 Å². The van der Waals surface area contributed by atoms with Gasteiger partial charge in [0.05, 0.1) is 22.5 Å². The average molecular weight is 587 g/mol. The molecule has 0 radical (unpaired) electrons. The molecule has 7 heteroatoms. The molecule has 43 heavy (non-hydrogen) atoms. The number of fused-ring (bicyclic) bond motifs is 6. The number of rotatable bonds is 7. The van der Waals surface area contributed by atoms with E-state index in [4.69, 9.17) is 16.3 Å². The Morgan fingerprint density at radius 2 is 1.60 bits per heavy atom. The Morgan fingerprint density at radius 3 is 2.42 bits per heavy atom. The third-order valence-corrected chi connectivity index (χ3v) is 9.10. The third kappa shape index (κ3) is 3.90. The van der Waals surface area contributed by atoms with E-state index in [9.17, 15) is 9.59 Å². The van der Waals surface area contributed by atoms with Crippen molar-refractivity contribution in [3.8, 4) is 5.75 Å². The summed E-state index contributed by atoms with van der Waals surface area (Å²) in [6.07, 6.45) is 5.37. The highest BCUT2D eigenvalue weighted by Gasteiger charge is 2.71. The van der Waals surface area contributed by atoms with E-state index in [1.165, 1.54) is 0 Å². The smallest absolute Gasteiger partial charge is 0.238 e. The fourth-order valence-electron chi connectivity index (χ4n) is 7.10. The Bertz CT molecular complexity index is 1850. The van der Waals surface area contributed by atoms with Gasteiger partial charge < -0.3 is 15.0 Å². The number of nitrogens with zero attached hydrogens (tertiary/aromatic N) is 1. The monoisotopic (exact) mass is 586 g/mol. The van der Waals surface area contributed by atoms with E-state index in [2.05, 4.69) is 11.9 Å². The molecule has 3 heterocycles. The van der Waals surface area contributed by atoms with Crippen LogP contribution in [0.1, 0.15) is 43.4 Å². The van der Waals surface area contributed by atoms with Gasteiger partial charge in [-0.05, 0) is 53.1 Å². The molecule has 1 saturated heterocycles. The molecule has 4 aromatic carbocycles. The standard InChI is InChI=1S/C36H27ClN2O4/c1-2-21-43-29-18-10-6-14-25(29)32(40)30-31(33(41)24-13-5-8-16-27(24)37)39-20-19-22-11-3-4-12-23(22)34(39)36(30)26-15-7-9-17-28(26)38-35(36)42/h2-20,30-31,34H,1,21H2,(H,38,42). The van der Waals surface area contributed by atoms with Crippen molar-refractivity contribution in [2.24, 2.45) is 5.92 Å². The maximum atomic E-state index is 15.1. The Kier molecular flexibility index (Phi) is 6.51. The van der Waals surface area contributed by atoms with E-state index in [1.807, 2.05) is 65.7 Å². The summed E-state index contributed by atoms with van der Waals surface area (Å²) in [7, 11) is 0. The Hall–Kier alpha value is -4.94. The van der Waals surface area contributed by atoms with E-state index in [0.717, 1.165) is 11.1 Å². The molecular weight excluding hydrogens is 560 g/mol. The second-order valence-electron chi connectivity index (χ2n) is 10.9. The first kappa shape index (κ1) is 26.9. The topological polar surface area (TPSA) is 75.7 Å². The summed E-state index contributed by atoms with van der Waals surface area (Å²) in [6, 6.07) is 27.3. The summed E-state index contributed by atoms with van der Waals surface area (Å²) >= 11 is 6.59. The molecule has 3 aliphatic heterocycles. The number of anilines is 1. The molecule has 1 amide bonds. The maximum absolute atomic E-state index is 15.1. The molecule has 4 unspecified atom stereocenters. The van der Waals surface area contributed by atoms with E-state index >= 15 is 4.79 Å². The van der Waals surface area contributed by atoms with Crippen LogP contribution in [0.5, 0.6) is 5.75 Å². The lowest BCUT2D eigenvalue weighted by atomic mass is 9.62. The van der Waals surface area contributed by atoms with Gasteiger partial charge in [0.15, 0.2) is 11.6 Å². The van der Waals surface area contributed by atoms with Crippen molar-refractivity contribution in [2.45, 2.75) is 17.5 Å². The van der Waals surface area contributed by atoms with Gasteiger partial charge in [-0.25, -0.2) is 0 Å². The molecule has 1 spiro atoms. The maximum Gasteiger partial charge on any atom is 0.238 e. The second-order valence-corrected chi connectivity index (χ2v) is 11.3. The predicted molar refractivity (Wildman–Crippen MR) is 166 cm³/mol. The first-order chi connectivity index (χ1) is 21.0. The van der Waals surface area contributed by atoms with Crippen molar-refractivity contribution < 1.29 is 19.1 Å². The number of hydrogen-bond acceptors (Lipinski definition) is 5. The number of nitrogens with one attached hydrogen (secondary N) is 1. The van der Waals surface area contributed by atoms with Crippen molar-refractivity contribution in [3.05, 3.63) is 149 Å². The first-order valence-corrected chi connectivity index (χ1v) is 14.5. The molecular formula is C36H27ClN2O4. The van der Waals surface area contributed by atoms with Gasteiger partial charge in [-0.15, -0.1) is 0 Å². The number of halogens is 1. The van der Waals surface area contributed by atoms with Crippen LogP contribution in [0.25, 0.3) is 6.08 Å². The summed E-state index contributed by atoms with van der Waals surface area (Å²) < 4.78 is 5.92. The fourth-order valence-corrected chi connectivity index (χ4v) is 7.33. The number of ether oxygens (including phenoxy) is 1. The van der Waals surface area contributed by atoms with Crippen LogP contribution in [0, 0.1) is 5.92 Å². The number of carbonyl (C=O) groups excluding carboxylic acids is 3. The van der Waals surface area contributed by atoms with E-state index in [1.54, 1.807) is 54.6 Å². The molecule has 0 aliphatic carbocycles. The minimum atomic E-state index is -1.44. The molecule has 0 aromatic heterocycles. The van der Waals surface area contributed by atoms with Crippen molar-refractivity contribution in [2.75, 3.05) is 11.9 Å². The van der Waals surface area contributed by atoms with Crippen LogP contribution in [-0.4, -0.2) is 35.0 Å². The number of hydrogen-bond donors (Lipinski definition) is 1. The molecule has 7 rings (SSSR count). The number of para-hydroxylation sites is 2. The van der Waals surface area contributed by atoms with Crippen LogP contribution in [0.3, 0.4) is 0 Å². The minimum absolute atomic E-state index is 0.191. The normalized spacial score (nSPS) is 22.9. The lowest BCUT2D eigenvalue weighted by Crippen LogP contribution is -2.49. The SMILES string of the molecule is C=CCOc1ccccc1C(=O)C1C(C(=O)c2ccccc2Cl)N2C=Cc3ccccc3C2C12C(=O)Nc1ccccc12. The number of benzene rings is 4. The van der Waals surface area contributed by atoms with Gasteiger partial charge in [0, 0.05) is 17.5 Å². The zero-order chi connectivity index (χ0) is 29.7. The van der Waals surface area contributed by atoms with Gasteiger partial charge in [-0.2, -0.15) is 0 Å². The van der Waals surface area contributed by atoms with Crippen LogP contribution < -0.4 is 10.1 Å². The molecule has 212 valence electrons. The van der Waals surface area contributed by atoms with Crippen LogP contribution in [0.4, 0.5) is 5.69 Å². The Balaban J connectivity index is 1.54. The molecule has 6 nitrogen and oxygen atoms in total. The molecule has 4 atom stereocenters. The predicted octanol–water partition coefficient (Wildman–Crippen LogP) is 6.89. The zero-order valence-corrected chi connectivity index (χ0v) is 23.8. The molecule has 4 aromatic rings. The summed E-state index contributed by atoms with van der Waals surface area (Å²) in [5.41, 5.74) is 2.23. The fraction of sp³-hybridized carbons (Fsp3) is 0.139. The van der Waals surface area contributed by atoms with Crippen molar-refractivity contribution in [1.82, 2.24) is 4.90 Å². The molecule has 3 aliphatic rings. The lowest BCUT2D eigenvalue weighted by Gasteiger charge is -2.38. The van der Waals surface area contributed by atoms with Gasteiger partial charge in [-0.1, -0.05) is 91.0 Å². The highest BCUT2D eigenvalue weighted by atomic mass is 35.5. The van der Waals surface area contributed by atoms with Crippen LogP contribution >= 0.6 is 11.6 Å². The van der Waals surface area contributed by atoms with Crippen molar-refractivity contribution in [3.63, 3.8) is 0 Å². The average Bonchev–Trinajstić information content (AvgIpc) is 3.52. The summed E-state index contributed by atoms with van der Waals surface area (Å²) in [6.45, 7) is 3.92. The molecule has 0 bridgehead atoms. The molecule has 0 saturated carbocycles. The Labute approximate surface area is 254 Å². The second kappa shape index (κ2) is 10.4. The minimum Gasteiger partial charge on any atom is -0.489 e. The van der Waals surface area contributed by atoms with E-state index < -0.39 is 23.4 Å². The number of amides is 1. The van der Waals surface area contributed by atoms with Crippen molar-refractivity contribution >= 4 is 40.8 Å². The van der Waals surface area contributed by atoms with Gasteiger partial charge in [-0.3, -0.25) is 14.4 Å². The van der Waals surface area contributed by atoms with Crippen LogP contribution in [-0.2, 0) is 10.2 Å². The van der Waals surface area contributed by atoms with E-state index in [0.29, 0.717) is 22.6 Å². The molecule has 1 fully saturated rings. The largest absolute Gasteiger partial charge is 0.489 e. The van der Waals surface area contributed by atoms with Gasteiger partial charge >= 0.3 is 0 Å². The van der Waals surface area contributed by atoms with Crippen LogP contribution in [0.2, 0.25) is 5.02 Å². The van der Waals surface area contributed by atoms with Gasteiger partial charge in [0.1, 0.15) is 23.8 Å². The third-order valence-electron chi connectivity index (χ3n) is 8.77.